The van der Waals surface area contributed by atoms with Crippen LogP contribution in [0, 0.1) is 10.1 Å². The van der Waals surface area contributed by atoms with Gasteiger partial charge in [-0.2, -0.15) is 0 Å². The van der Waals surface area contributed by atoms with Crippen LogP contribution in [-0.2, 0) is 22.7 Å². The van der Waals surface area contributed by atoms with Gasteiger partial charge in [-0.1, -0.05) is 52.3 Å². The van der Waals surface area contributed by atoms with Crippen molar-refractivity contribution < 1.29 is 24.7 Å². The fourth-order valence-electron chi connectivity index (χ4n) is 3.04. The van der Waals surface area contributed by atoms with E-state index in [1.54, 1.807) is 12.1 Å². The molecule has 2 N–H and O–H groups in total. The number of carbonyl (C=O) groups is 2. The zero-order chi connectivity index (χ0) is 22.1. The van der Waals surface area contributed by atoms with Gasteiger partial charge in [-0.15, -0.1) is 0 Å². The quantitative estimate of drug-likeness (QED) is 0.381. The van der Waals surface area contributed by atoms with E-state index < -0.39 is 11.9 Å². The van der Waals surface area contributed by atoms with Crippen LogP contribution in [0.4, 0.5) is 5.69 Å². The average Bonchev–Trinajstić information content (AvgIpc) is 2.72. The molecule has 0 bridgehead atoms. The van der Waals surface area contributed by atoms with Gasteiger partial charge in [0, 0.05) is 55.4 Å². The number of rotatable bonds is 5. The van der Waals surface area contributed by atoms with E-state index in [4.69, 9.17) is 19.8 Å². The summed E-state index contributed by atoms with van der Waals surface area (Å²) in [6.07, 6.45) is 0. The molecule has 3 rings (SSSR count). The lowest BCUT2D eigenvalue weighted by molar-refractivity contribution is -0.385. The molecule has 1 heterocycles. The molecule has 1 fully saturated rings. The van der Waals surface area contributed by atoms with E-state index in [0.717, 1.165) is 42.8 Å². The second-order valence-corrected chi connectivity index (χ2v) is 7.49. The molecule has 9 nitrogen and oxygen atoms in total. The summed E-state index contributed by atoms with van der Waals surface area (Å²) in [4.78, 5) is 33.7. The van der Waals surface area contributed by atoms with Gasteiger partial charge in [-0.3, -0.25) is 19.9 Å². The van der Waals surface area contributed by atoms with Crippen molar-refractivity contribution in [2.45, 2.75) is 13.1 Å². The predicted octanol–water partition coefficient (Wildman–Crippen LogP) is 2.83. The highest BCUT2D eigenvalue weighted by Crippen LogP contribution is 2.21. The first-order chi connectivity index (χ1) is 14.3. The van der Waals surface area contributed by atoms with Crippen molar-refractivity contribution in [2.24, 2.45) is 0 Å². The Hall–Kier alpha value is -2.82. The molecule has 1 saturated heterocycles. The number of carboxylic acid groups (broad SMARTS) is 2. The van der Waals surface area contributed by atoms with Crippen LogP contribution < -0.4 is 0 Å². The van der Waals surface area contributed by atoms with Gasteiger partial charge in [-0.25, -0.2) is 9.59 Å². The molecule has 2 aromatic carbocycles. The topological polar surface area (TPSA) is 124 Å². The van der Waals surface area contributed by atoms with E-state index in [1.165, 1.54) is 5.56 Å². The third-order valence-electron chi connectivity index (χ3n) is 4.58. The van der Waals surface area contributed by atoms with Gasteiger partial charge in [0.1, 0.15) is 0 Å². The van der Waals surface area contributed by atoms with Gasteiger partial charge in [-0.05, 0) is 11.6 Å². The monoisotopic (exact) mass is 479 g/mol. The van der Waals surface area contributed by atoms with Crippen molar-refractivity contribution in [3.63, 3.8) is 0 Å². The first kappa shape index (κ1) is 23.5. The normalized spacial score (nSPS) is 14.4. The third-order valence-corrected chi connectivity index (χ3v) is 5.36. The van der Waals surface area contributed by atoms with Crippen molar-refractivity contribution in [3.05, 3.63) is 74.2 Å². The summed E-state index contributed by atoms with van der Waals surface area (Å²) in [6.45, 7) is 5.37. The van der Waals surface area contributed by atoms with Crippen molar-refractivity contribution in [2.75, 3.05) is 26.2 Å². The largest absolute Gasteiger partial charge is 0.473 e. The Morgan fingerprint density at radius 1 is 0.867 bits per heavy atom. The van der Waals surface area contributed by atoms with Crippen LogP contribution in [0.15, 0.2) is 53.0 Å². The van der Waals surface area contributed by atoms with Crippen molar-refractivity contribution in [1.82, 2.24) is 9.80 Å². The van der Waals surface area contributed by atoms with Gasteiger partial charge in [0.2, 0.25) is 0 Å². The van der Waals surface area contributed by atoms with Gasteiger partial charge in [0.05, 0.1) is 4.92 Å². The molecule has 1 aliphatic heterocycles. The van der Waals surface area contributed by atoms with E-state index in [1.807, 2.05) is 18.2 Å². The number of hydrogen-bond acceptors (Lipinski definition) is 6. The number of carboxylic acids is 2. The number of aliphatic carboxylic acids is 2. The molecule has 0 unspecified atom stereocenters. The molecular formula is C20H22BrN3O6. The lowest BCUT2D eigenvalue weighted by Gasteiger charge is -2.34. The Kier molecular flexibility index (Phi) is 8.90. The molecule has 0 spiro atoms. The summed E-state index contributed by atoms with van der Waals surface area (Å²) in [5.74, 6) is -3.65. The molecular weight excluding hydrogens is 458 g/mol. The minimum Gasteiger partial charge on any atom is -0.473 e. The van der Waals surface area contributed by atoms with E-state index in [-0.39, 0.29) is 10.6 Å². The first-order valence-electron chi connectivity index (χ1n) is 9.14. The van der Waals surface area contributed by atoms with Crippen LogP contribution >= 0.6 is 15.9 Å². The Morgan fingerprint density at radius 2 is 1.30 bits per heavy atom. The SMILES string of the molecule is O=C(O)C(=O)O.O=[N+]([O-])c1ccccc1CN1CCN(Cc2ccccc2Br)CC1. The minimum atomic E-state index is -1.82. The Morgan fingerprint density at radius 3 is 1.77 bits per heavy atom. The molecule has 0 saturated carbocycles. The molecule has 0 atom stereocenters. The molecule has 10 heteroatoms. The van der Waals surface area contributed by atoms with Gasteiger partial charge >= 0.3 is 11.9 Å². The second-order valence-electron chi connectivity index (χ2n) is 6.64. The number of hydrogen-bond donors (Lipinski definition) is 2. The van der Waals surface area contributed by atoms with Crippen molar-refractivity contribution >= 4 is 33.6 Å². The van der Waals surface area contributed by atoms with E-state index >= 15 is 0 Å². The highest BCUT2D eigenvalue weighted by Gasteiger charge is 2.20. The fourth-order valence-corrected chi connectivity index (χ4v) is 3.45. The molecule has 0 amide bonds. The van der Waals surface area contributed by atoms with Crippen molar-refractivity contribution in [1.29, 1.82) is 0 Å². The van der Waals surface area contributed by atoms with Crippen LogP contribution in [0.3, 0.4) is 0 Å². The zero-order valence-corrected chi connectivity index (χ0v) is 17.7. The summed E-state index contributed by atoms with van der Waals surface area (Å²) in [5, 5.41) is 25.9. The second kappa shape index (κ2) is 11.4. The van der Waals surface area contributed by atoms with Crippen LogP contribution in [0.1, 0.15) is 11.1 Å². The maximum atomic E-state index is 11.1. The summed E-state index contributed by atoms with van der Waals surface area (Å²) in [6, 6.07) is 15.3. The smallest absolute Gasteiger partial charge is 0.414 e. The Balaban J connectivity index is 0.000000469. The summed E-state index contributed by atoms with van der Waals surface area (Å²) in [5.41, 5.74) is 2.31. The Labute approximate surface area is 181 Å². The molecule has 0 radical (unpaired) electrons. The Bertz CT molecular complexity index is 888. The number of benzene rings is 2. The average molecular weight is 480 g/mol. The van der Waals surface area contributed by atoms with E-state index in [0.29, 0.717) is 6.54 Å². The van der Waals surface area contributed by atoms with Crippen LogP contribution in [0.5, 0.6) is 0 Å². The molecule has 2 aromatic rings. The summed E-state index contributed by atoms with van der Waals surface area (Å²) < 4.78 is 1.15. The summed E-state index contributed by atoms with van der Waals surface area (Å²) >= 11 is 3.60. The standard InChI is InChI=1S/C18H20BrN3O2.C2H2O4/c19-17-7-3-1-5-15(17)13-20-9-11-21(12-10-20)14-16-6-2-4-8-18(16)22(23)24;3-1(4)2(5)6/h1-8H,9-14H2;(H,3,4)(H,5,6). The fraction of sp³-hybridized carbons (Fsp3) is 0.300. The third kappa shape index (κ3) is 7.21. The summed E-state index contributed by atoms with van der Waals surface area (Å²) in [7, 11) is 0. The van der Waals surface area contributed by atoms with Crippen LogP contribution in [-0.4, -0.2) is 63.1 Å². The number of piperazine rings is 1. The maximum Gasteiger partial charge on any atom is 0.414 e. The lowest BCUT2D eigenvalue weighted by Crippen LogP contribution is -2.45. The molecule has 30 heavy (non-hydrogen) atoms. The highest BCUT2D eigenvalue weighted by molar-refractivity contribution is 9.10. The van der Waals surface area contributed by atoms with E-state index in [2.05, 4.69) is 43.9 Å². The zero-order valence-electron chi connectivity index (χ0n) is 16.1. The molecule has 1 aliphatic rings. The number of nitro groups is 1. The maximum absolute atomic E-state index is 11.1. The number of halogens is 1. The van der Waals surface area contributed by atoms with E-state index in [9.17, 15) is 10.1 Å². The number of nitro benzene ring substituents is 1. The van der Waals surface area contributed by atoms with Crippen molar-refractivity contribution in [3.8, 4) is 0 Å². The van der Waals surface area contributed by atoms with Crippen LogP contribution in [0.2, 0.25) is 0 Å². The molecule has 160 valence electrons. The van der Waals surface area contributed by atoms with Crippen LogP contribution in [0.25, 0.3) is 0 Å². The predicted molar refractivity (Wildman–Crippen MR) is 113 cm³/mol. The number of para-hydroxylation sites is 1. The lowest BCUT2D eigenvalue weighted by atomic mass is 10.1. The van der Waals surface area contributed by atoms with Gasteiger partial charge in [0.25, 0.3) is 5.69 Å². The molecule has 0 aliphatic carbocycles. The minimum absolute atomic E-state index is 0.216. The highest BCUT2D eigenvalue weighted by atomic mass is 79.9. The molecule has 0 aromatic heterocycles. The number of nitrogens with zero attached hydrogens (tertiary/aromatic N) is 3. The van der Waals surface area contributed by atoms with Gasteiger partial charge in [0.15, 0.2) is 0 Å². The first-order valence-corrected chi connectivity index (χ1v) is 9.94. The van der Waals surface area contributed by atoms with Gasteiger partial charge < -0.3 is 10.2 Å².